The van der Waals surface area contributed by atoms with E-state index in [0.29, 0.717) is 6.79 Å². The zero-order valence-corrected chi connectivity index (χ0v) is 17.0. The Hall–Kier alpha value is -0.580. The molecule has 0 saturated carbocycles. The standard InChI is InChI=1S/C21H42O4/c1-4-5-18-24-20-25-19-16-14-12-10-8-6-7-9-11-13-15-17-21(22-2)23-3/h16,19,21H,4-15,17-18,20H2,1-3H3. The first-order valence-corrected chi connectivity index (χ1v) is 10.2. The molecule has 4 nitrogen and oxygen atoms in total. The van der Waals surface area contributed by atoms with Crippen molar-refractivity contribution in [3.63, 3.8) is 0 Å². The highest BCUT2D eigenvalue weighted by atomic mass is 16.7. The van der Waals surface area contributed by atoms with E-state index in [1.54, 1.807) is 20.5 Å². The average Bonchev–Trinajstić information content (AvgIpc) is 2.64. The quantitative estimate of drug-likeness (QED) is 0.147. The van der Waals surface area contributed by atoms with Gasteiger partial charge >= 0.3 is 0 Å². The van der Waals surface area contributed by atoms with Crippen molar-refractivity contribution in [3.8, 4) is 0 Å². The predicted octanol–water partition coefficient (Wildman–Crippen LogP) is 6.20. The molecule has 0 spiro atoms. The SMILES string of the molecule is CCCCOCOC=CCCCCCCCCCCCC(OC)OC. The summed E-state index contributed by atoms with van der Waals surface area (Å²) in [4.78, 5) is 0. The van der Waals surface area contributed by atoms with Gasteiger partial charge in [-0.05, 0) is 38.2 Å². The summed E-state index contributed by atoms with van der Waals surface area (Å²) in [5.41, 5.74) is 0. The molecule has 0 atom stereocenters. The maximum Gasteiger partial charge on any atom is 0.188 e. The van der Waals surface area contributed by atoms with E-state index in [9.17, 15) is 0 Å². The summed E-state index contributed by atoms with van der Waals surface area (Å²) in [7, 11) is 3.42. The molecule has 0 radical (unpaired) electrons. The molecule has 4 heteroatoms. The van der Waals surface area contributed by atoms with Gasteiger partial charge in [-0.25, -0.2) is 0 Å². The number of hydrogen-bond acceptors (Lipinski definition) is 4. The van der Waals surface area contributed by atoms with Crippen LogP contribution in [0.5, 0.6) is 0 Å². The van der Waals surface area contributed by atoms with E-state index in [1.165, 1.54) is 64.2 Å². The van der Waals surface area contributed by atoms with Gasteiger partial charge in [0.25, 0.3) is 0 Å². The molecule has 0 fully saturated rings. The number of unbranched alkanes of at least 4 members (excludes halogenated alkanes) is 10. The van der Waals surface area contributed by atoms with Crippen LogP contribution < -0.4 is 0 Å². The summed E-state index contributed by atoms with van der Waals surface area (Å²) in [5.74, 6) is 0. The number of ether oxygens (including phenoxy) is 4. The predicted molar refractivity (Wildman–Crippen MR) is 105 cm³/mol. The molecule has 0 aromatic heterocycles. The van der Waals surface area contributed by atoms with E-state index >= 15 is 0 Å². The molecule has 0 aromatic rings. The average molecular weight is 359 g/mol. The van der Waals surface area contributed by atoms with E-state index in [2.05, 4.69) is 13.0 Å². The van der Waals surface area contributed by atoms with Gasteiger partial charge in [0.1, 0.15) is 0 Å². The number of methoxy groups -OCH3 is 2. The first-order chi connectivity index (χ1) is 12.3. The van der Waals surface area contributed by atoms with E-state index in [-0.39, 0.29) is 6.29 Å². The molecule has 0 heterocycles. The van der Waals surface area contributed by atoms with Crippen LogP contribution in [0.15, 0.2) is 12.3 Å². The minimum atomic E-state index is -0.0203. The van der Waals surface area contributed by atoms with Crippen LogP contribution in [0.3, 0.4) is 0 Å². The van der Waals surface area contributed by atoms with Crippen LogP contribution >= 0.6 is 0 Å². The second-order valence-corrected chi connectivity index (χ2v) is 6.58. The summed E-state index contributed by atoms with van der Waals surface area (Å²) in [6.07, 6.45) is 20.1. The number of hydrogen-bond donors (Lipinski definition) is 0. The molecular weight excluding hydrogens is 316 g/mol. The largest absolute Gasteiger partial charge is 0.475 e. The van der Waals surface area contributed by atoms with E-state index in [4.69, 9.17) is 18.9 Å². The van der Waals surface area contributed by atoms with Gasteiger partial charge < -0.3 is 18.9 Å². The smallest absolute Gasteiger partial charge is 0.188 e. The molecule has 0 bridgehead atoms. The van der Waals surface area contributed by atoms with Crippen LogP contribution in [0.25, 0.3) is 0 Å². The highest BCUT2D eigenvalue weighted by Gasteiger charge is 2.03. The highest BCUT2D eigenvalue weighted by Crippen LogP contribution is 2.13. The Bertz CT molecular complexity index is 265. The van der Waals surface area contributed by atoms with Crippen LogP contribution in [0.1, 0.15) is 90.4 Å². The lowest BCUT2D eigenvalue weighted by molar-refractivity contribution is -0.107. The van der Waals surface area contributed by atoms with E-state index in [0.717, 1.165) is 25.9 Å². The zero-order chi connectivity index (χ0) is 18.4. The fraction of sp³-hybridized carbons (Fsp3) is 0.905. The minimum absolute atomic E-state index is 0.0203. The fourth-order valence-corrected chi connectivity index (χ4v) is 2.67. The summed E-state index contributed by atoms with van der Waals surface area (Å²) in [6.45, 7) is 3.34. The lowest BCUT2D eigenvalue weighted by Crippen LogP contribution is -2.12. The van der Waals surface area contributed by atoms with Gasteiger partial charge in [-0.1, -0.05) is 58.3 Å². The normalized spacial score (nSPS) is 11.7. The topological polar surface area (TPSA) is 36.9 Å². The van der Waals surface area contributed by atoms with Crippen LogP contribution in [-0.4, -0.2) is 33.9 Å². The maximum absolute atomic E-state index is 5.32. The monoisotopic (exact) mass is 358 g/mol. The molecule has 0 aromatic carbocycles. The molecule has 0 N–H and O–H groups in total. The Labute approximate surface area is 156 Å². The first-order valence-electron chi connectivity index (χ1n) is 10.2. The van der Waals surface area contributed by atoms with Crippen molar-refractivity contribution in [1.82, 2.24) is 0 Å². The van der Waals surface area contributed by atoms with Crippen LogP contribution in [0, 0.1) is 0 Å². The highest BCUT2D eigenvalue weighted by molar-refractivity contribution is 4.72. The second-order valence-electron chi connectivity index (χ2n) is 6.58. The molecule has 25 heavy (non-hydrogen) atoms. The summed E-state index contributed by atoms with van der Waals surface area (Å²) in [6, 6.07) is 0. The fourth-order valence-electron chi connectivity index (χ4n) is 2.67. The van der Waals surface area contributed by atoms with Gasteiger partial charge in [0.15, 0.2) is 13.1 Å². The third kappa shape index (κ3) is 19.6. The Balaban J connectivity index is 3.11. The zero-order valence-electron chi connectivity index (χ0n) is 17.0. The van der Waals surface area contributed by atoms with E-state index < -0.39 is 0 Å². The Morgan fingerprint density at radius 1 is 0.760 bits per heavy atom. The summed E-state index contributed by atoms with van der Waals surface area (Å²) < 4.78 is 21.0. The first kappa shape index (κ1) is 24.4. The molecule has 0 aliphatic heterocycles. The molecule has 0 aliphatic carbocycles. The van der Waals surface area contributed by atoms with Crippen molar-refractivity contribution >= 4 is 0 Å². The Kier molecular flexibility index (Phi) is 21.0. The van der Waals surface area contributed by atoms with Crippen LogP contribution in [0.4, 0.5) is 0 Å². The van der Waals surface area contributed by atoms with Gasteiger partial charge in [-0.3, -0.25) is 0 Å². The van der Waals surface area contributed by atoms with Crippen molar-refractivity contribution in [2.24, 2.45) is 0 Å². The minimum Gasteiger partial charge on any atom is -0.475 e. The van der Waals surface area contributed by atoms with Crippen molar-refractivity contribution in [3.05, 3.63) is 12.3 Å². The van der Waals surface area contributed by atoms with Gasteiger partial charge in [0, 0.05) is 14.2 Å². The van der Waals surface area contributed by atoms with Crippen molar-refractivity contribution in [2.45, 2.75) is 96.7 Å². The molecule has 0 amide bonds. The summed E-state index contributed by atoms with van der Waals surface area (Å²) in [5, 5.41) is 0. The lowest BCUT2D eigenvalue weighted by atomic mass is 10.1. The van der Waals surface area contributed by atoms with Gasteiger partial charge in [0.05, 0.1) is 12.9 Å². The lowest BCUT2D eigenvalue weighted by Gasteiger charge is -2.12. The number of allylic oxidation sites excluding steroid dienone is 1. The Morgan fingerprint density at radius 3 is 1.96 bits per heavy atom. The van der Waals surface area contributed by atoms with Crippen molar-refractivity contribution < 1.29 is 18.9 Å². The third-order valence-corrected chi connectivity index (χ3v) is 4.32. The van der Waals surface area contributed by atoms with Crippen molar-refractivity contribution in [1.29, 1.82) is 0 Å². The Morgan fingerprint density at radius 2 is 1.36 bits per heavy atom. The van der Waals surface area contributed by atoms with Gasteiger partial charge in [-0.2, -0.15) is 0 Å². The van der Waals surface area contributed by atoms with Crippen LogP contribution in [0.2, 0.25) is 0 Å². The summed E-state index contributed by atoms with van der Waals surface area (Å²) >= 11 is 0. The van der Waals surface area contributed by atoms with Gasteiger partial charge in [-0.15, -0.1) is 0 Å². The van der Waals surface area contributed by atoms with Crippen LogP contribution in [-0.2, 0) is 18.9 Å². The third-order valence-electron chi connectivity index (χ3n) is 4.32. The maximum atomic E-state index is 5.32. The van der Waals surface area contributed by atoms with Gasteiger partial charge in [0.2, 0.25) is 0 Å². The molecule has 0 aliphatic rings. The van der Waals surface area contributed by atoms with E-state index in [1.807, 2.05) is 0 Å². The molecule has 0 unspecified atom stereocenters. The second kappa shape index (κ2) is 21.5. The number of rotatable bonds is 20. The molecule has 0 saturated heterocycles. The van der Waals surface area contributed by atoms with Crippen molar-refractivity contribution in [2.75, 3.05) is 27.6 Å². The molecular formula is C21H42O4. The molecule has 0 rings (SSSR count). The molecule has 150 valence electrons.